The van der Waals surface area contributed by atoms with Gasteiger partial charge in [0.2, 0.25) is 0 Å². The van der Waals surface area contributed by atoms with Crippen molar-refractivity contribution in [2.75, 3.05) is 0 Å². The van der Waals surface area contributed by atoms with E-state index in [2.05, 4.69) is 26.1 Å². The summed E-state index contributed by atoms with van der Waals surface area (Å²) in [6.07, 6.45) is 3.16. The van der Waals surface area contributed by atoms with E-state index in [1.165, 1.54) is 0 Å². The molecule has 0 saturated heterocycles. The lowest BCUT2D eigenvalue weighted by Gasteiger charge is -2.21. The molecule has 21 heavy (non-hydrogen) atoms. The van der Waals surface area contributed by atoms with Crippen molar-refractivity contribution >= 4 is 16.9 Å². The van der Waals surface area contributed by atoms with Gasteiger partial charge >= 0.3 is 5.97 Å². The molecule has 1 heterocycles. The average molecular weight is 289 g/mol. The SMILES string of the molecule is CC(C)(C)CC[C@H](NCc1ccc2occc2c1)C(=O)O. The summed E-state index contributed by atoms with van der Waals surface area (Å²) in [6.45, 7) is 6.92. The fourth-order valence-corrected chi connectivity index (χ4v) is 2.26. The maximum absolute atomic E-state index is 11.3. The van der Waals surface area contributed by atoms with Gasteiger partial charge in [-0.05, 0) is 42.0 Å². The van der Waals surface area contributed by atoms with Crippen molar-refractivity contribution in [2.45, 2.75) is 46.2 Å². The molecule has 4 heteroatoms. The van der Waals surface area contributed by atoms with Crippen molar-refractivity contribution in [1.82, 2.24) is 5.32 Å². The van der Waals surface area contributed by atoms with Gasteiger partial charge in [0.05, 0.1) is 6.26 Å². The summed E-state index contributed by atoms with van der Waals surface area (Å²) >= 11 is 0. The van der Waals surface area contributed by atoms with Gasteiger partial charge in [-0.3, -0.25) is 4.79 Å². The van der Waals surface area contributed by atoms with E-state index in [0.29, 0.717) is 13.0 Å². The van der Waals surface area contributed by atoms with Crippen molar-refractivity contribution < 1.29 is 14.3 Å². The molecule has 0 aliphatic rings. The predicted molar refractivity (Wildman–Crippen MR) is 83.2 cm³/mol. The van der Waals surface area contributed by atoms with Crippen molar-refractivity contribution in [1.29, 1.82) is 0 Å². The van der Waals surface area contributed by atoms with Crippen LogP contribution in [0.4, 0.5) is 0 Å². The number of carbonyl (C=O) groups is 1. The molecule has 1 atom stereocenters. The largest absolute Gasteiger partial charge is 0.480 e. The van der Waals surface area contributed by atoms with Crippen LogP contribution in [0.25, 0.3) is 11.0 Å². The number of rotatable bonds is 6. The fourth-order valence-electron chi connectivity index (χ4n) is 2.26. The molecule has 2 aromatic rings. The fraction of sp³-hybridized carbons (Fsp3) is 0.471. The number of nitrogens with one attached hydrogen (secondary N) is 1. The lowest BCUT2D eigenvalue weighted by molar-refractivity contribution is -0.139. The van der Waals surface area contributed by atoms with Gasteiger partial charge in [0.1, 0.15) is 11.6 Å². The third kappa shape index (κ3) is 4.60. The first kappa shape index (κ1) is 15.6. The molecule has 4 nitrogen and oxygen atoms in total. The van der Waals surface area contributed by atoms with E-state index in [4.69, 9.17) is 4.42 Å². The molecule has 1 aromatic carbocycles. The van der Waals surface area contributed by atoms with Gasteiger partial charge < -0.3 is 14.8 Å². The number of fused-ring (bicyclic) bond motifs is 1. The summed E-state index contributed by atoms with van der Waals surface area (Å²) in [4.78, 5) is 11.3. The second-order valence-corrected chi connectivity index (χ2v) is 6.66. The maximum Gasteiger partial charge on any atom is 0.320 e. The van der Waals surface area contributed by atoms with Gasteiger partial charge in [0, 0.05) is 11.9 Å². The van der Waals surface area contributed by atoms with Crippen LogP contribution in [0.5, 0.6) is 0 Å². The van der Waals surface area contributed by atoms with E-state index in [1.807, 2.05) is 24.3 Å². The van der Waals surface area contributed by atoms with Crippen molar-refractivity contribution in [3.8, 4) is 0 Å². The molecule has 0 amide bonds. The van der Waals surface area contributed by atoms with Crippen molar-refractivity contribution in [3.05, 3.63) is 36.1 Å². The van der Waals surface area contributed by atoms with Crippen LogP contribution in [0, 0.1) is 5.41 Å². The monoisotopic (exact) mass is 289 g/mol. The minimum Gasteiger partial charge on any atom is -0.480 e. The van der Waals surface area contributed by atoms with E-state index >= 15 is 0 Å². The Labute approximate surface area is 125 Å². The molecule has 0 unspecified atom stereocenters. The van der Waals surface area contributed by atoms with E-state index < -0.39 is 12.0 Å². The normalized spacial score (nSPS) is 13.5. The summed E-state index contributed by atoms with van der Waals surface area (Å²) in [6, 6.07) is 7.30. The van der Waals surface area contributed by atoms with Crippen LogP contribution in [0.15, 0.2) is 34.9 Å². The molecular weight excluding hydrogens is 266 g/mol. The molecule has 0 aliphatic heterocycles. The second kappa shape index (κ2) is 6.31. The summed E-state index contributed by atoms with van der Waals surface area (Å²) < 4.78 is 5.30. The Morgan fingerprint density at radius 1 is 1.33 bits per heavy atom. The quantitative estimate of drug-likeness (QED) is 0.849. The lowest BCUT2D eigenvalue weighted by atomic mass is 9.88. The highest BCUT2D eigenvalue weighted by atomic mass is 16.4. The zero-order valence-corrected chi connectivity index (χ0v) is 12.8. The first-order valence-electron chi connectivity index (χ1n) is 7.27. The number of aliphatic carboxylic acids is 1. The van der Waals surface area contributed by atoms with Crippen LogP contribution in [0.3, 0.4) is 0 Å². The minimum atomic E-state index is -0.788. The molecule has 0 aliphatic carbocycles. The second-order valence-electron chi connectivity index (χ2n) is 6.66. The zero-order valence-electron chi connectivity index (χ0n) is 12.8. The molecule has 114 valence electrons. The van der Waals surface area contributed by atoms with Gasteiger partial charge in [-0.2, -0.15) is 0 Å². The zero-order chi connectivity index (χ0) is 15.5. The van der Waals surface area contributed by atoms with E-state index in [9.17, 15) is 9.90 Å². The smallest absolute Gasteiger partial charge is 0.320 e. The molecule has 2 rings (SSSR count). The number of carboxylic acid groups (broad SMARTS) is 1. The Morgan fingerprint density at radius 3 is 2.76 bits per heavy atom. The highest BCUT2D eigenvalue weighted by Gasteiger charge is 2.20. The number of carboxylic acids is 1. The number of hydrogen-bond donors (Lipinski definition) is 2. The minimum absolute atomic E-state index is 0.144. The lowest BCUT2D eigenvalue weighted by Crippen LogP contribution is -2.37. The van der Waals surface area contributed by atoms with E-state index in [1.54, 1.807) is 6.26 Å². The molecule has 0 spiro atoms. The summed E-state index contributed by atoms with van der Waals surface area (Å²) in [5.41, 5.74) is 2.05. The topological polar surface area (TPSA) is 62.5 Å². The van der Waals surface area contributed by atoms with E-state index in [0.717, 1.165) is 23.0 Å². The van der Waals surface area contributed by atoms with Crippen LogP contribution >= 0.6 is 0 Å². The molecule has 1 aromatic heterocycles. The van der Waals surface area contributed by atoms with E-state index in [-0.39, 0.29) is 5.41 Å². The molecule has 0 saturated carbocycles. The molecule has 0 fully saturated rings. The van der Waals surface area contributed by atoms with Crippen molar-refractivity contribution in [2.24, 2.45) is 5.41 Å². The Hall–Kier alpha value is -1.81. The Bertz CT molecular complexity index is 610. The summed E-state index contributed by atoms with van der Waals surface area (Å²) in [5, 5.41) is 13.5. The Balaban J connectivity index is 1.95. The van der Waals surface area contributed by atoms with Gasteiger partial charge in [-0.15, -0.1) is 0 Å². The Kier molecular flexibility index (Phi) is 4.68. The first-order chi connectivity index (χ1) is 9.85. The third-order valence-electron chi connectivity index (χ3n) is 3.55. The van der Waals surface area contributed by atoms with Crippen LogP contribution in [0.2, 0.25) is 0 Å². The number of benzene rings is 1. The molecule has 0 bridgehead atoms. The number of furan rings is 1. The van der Waals surface area contributed by atoms with Gasteiger partial charge in [0.15, 0.2) is 0 Å². The van der Waals surface area contributed by atoms with Crippen LogP contribution in [0.1, 0.15) is 39.2 Å². The number of hydrogen-bond acceptors (Lipinski definition) is 3. The van der Waals surface area contributed by atoms with Crippen molar-refractivity contribution in [3.63, 3.8) is 0 Å². The molecule has 2 N–H and O–H groups in total. The maximum atomic E-state index is 11.3. The standard InChI is InChI=1S/C17H23NO3/c1-17(2,3)8-6-14(16(19)20)18-11-12-4-5-15-13(10-12)7-9-21-15/h4-5,7,9-10,14,18H,6,8,11H2,1-3H3,(H,19,20)/t14-/m0/s1. The van der Waals surface area contributed by atoms with Crippen LogP contribution in [-0.4, -0.2) is 17.1 Å². The molecule has 0 radical (unpaired) electrons. The highest BCUT2D eigenvalue weighted by molar-refractivity contribution is 5.77. The molecular formula is C17H23NO3. The summed E-state index contributed by atoms with van der Waals surface area (Å²) in [5.74, 6) is -0.788. The van der Waals surface area contributed by atoms with Crippen LogP contribution < -0.4 is 5.32 Å². The Morgan fingerprint density at radius 2 is 2.10 bits per heavy atom. The van der Waals surface area contributed by atoms with Gasteiger partial charge in [-0.25, -0.2) is 0 Å². The summed E-state index contributed by atoms with van der Waals surface area (Å²) in [7, 11) is 0. The predicted octanol–water partition coefficient (Wildman–Crippen LogP) is 3.80. The third-order valence-corrected chi connectivity index (χ3v) is 3.55. The first-order valence-corrected chi connectivity index (χ1v) is 7.27. The highest BCUT2D eigenvalue weighted by Crippen LogP contribution is 2.22. The average Bonchev–Trinajstić information content (AvgIpc) is 2.84. The van der Waals surface area contributed by atoms with Crippen LogP contribution in [-0.2, 0) is 11.3 Å². The van der Waals surface area contributed by atoms with Gasteiger partial charge in [0.25, 0.3) is 0 Å². The van der Waals surface area contributed by atoms with Gasteiger partial charge in [-0.1, -0.05) is 26.8 Å².